The van der Waals surface area contributed by atoms with Crippen molar-refractivity contribution in [2.24, 2.45) is 47.2 Å². The van der Waals surface area contributed by atoms with Crippen molar-refractivity contribution in [2.75, 3.05) is 155 Å². The number of amidine groups is 6. The number of rotatable bonds is 28. The van der Waals surface area contributed by atoms with Gasteiger partial charge in [0, 0.05) is 103 Å². The summed E-state index contributed by atoms with van der Waals surface area (Å²) in [7, 11) is 8.08. The van der Waals surface area contributed by atoms with Gasteiger partial charge >= 0.3 is 0 Å². The molecular formula is C75H89N35O4. The number of nitrogens with two attached hydrogens (primary N) is 3. The van der Waals surface area contributed by atoms with Crippen LogP contribution in [-0.2, 0) is 0 Å². The Morgan fingerprint density at radius 1 is 0.342 bits per heavy atom. The maximum absolute atomic E-state index is 9.26. The third kappa shape index (κ3) is 18.0. The minimum Gasteiger partial charge on any atom is -0.396 e. The largest absolute Gasteiger partial charge is 0.396 e. The van der Waals surface area contributed by atoms with E-state index in [2.05, 4.69) is 98.2 Å². The molecule has 0 spiro atoms. The van der Waals surface area contributed by atoms with Crippen LogP contribution in [0.4, 0.5) is 69.0 Å². The molecule has 0 saturated carbocycles. The molecule has 0 radical (unpaired) electrons. The van der Waals surface area contributed by atoms with Gasteiger partial charge in [-0.25, -0.2) is 57.0 Å². The Bertz CT molecular complexity index is 5830. The lowest BCUT2D eigenvalue weighted by molar-refractivity contribution is 0.292. The molecule has 0 unspecified atom stereocenters. The first-order valence-corrected chi connectivity index (χ1v) is 36.5. The van der Waals surface area contributed by atoms with Gasteiger partial charge in [0.1, 0.15) is 34.1 Å². The van der Waals surface area contributed by atoms with Crippen molar-refractivity contribution in [1.82, 2.24) is 67.5 Å². The standard InChI is InChI=1S/C27H35N13.C25H29N11O2.C23H25N11O2/c1-37(2)15-11-30-26-22(20-9-5-7-13-39(20)35-26)32-24-18(28)17-19(29)25(34-24)33-23-21-10-6-8-14-40(21)36-27(23)31-12-16-38(3)4;26-16-15-17(27)23(31-21-19-8-2-4-12-36(19)34-25(21)29-10-6-14-38)32-22(16)30-20-18-7-1-3-11-35(18)33-24(20)28-9-5-13-37;24-14-13-15(25)21(29-19-17-6-2-4-10-34(17)32-23(19)27-8-12-36)30-20(14)28-18-16-5-1-3-9-33(16)31-22(18)26-7-11-35/h5-10,13-14,17,28H,11-12,15-16,29H2,1-4H3,(H,30,35)(H,31,36)(H,32,33,34);1-4,7-8,11-12,15,26,37-38H,5-6,9-10,13-14,27H2,(H,28,33)(H,29,34)(H,30,31,32);1-6,9-10,13,24,35-36H,7-8,11-12,25H2,(H,26,31)(H,27,32)(H,28,29,30). The first-order valence-electron chi connectivity index (χ1n) is 36.5. The zero-order valence-electron chi connectivity index (χ0n) is 63.0. The summed E-state index contributed by atoms with van der Waals surface area (Å²) >= 11 is 0. The summed E-state index contributed by atoms with van der Waals surface area (Å²) < 4.78 is 10.3. The molecule has 3 aliphatic heterocycles. The lowest BCUT2D eigenvalue weighted by atomic mass is 10.2. The van der Waals surface area contributed by atoms with Crippen molar-refractivity contribution in [3.63, 3.8) is 0 Å². The van der Waals surface area contributed by atoms with Crippen LogP contribution < -0.4 is 65.1 Å². The number of aliphatic imine (C=N–C) groups is 6. The lowest BCUT2D eigenvalue weighted by Crippen LogP contribution is -2.30. The number of aliphatic hydroxyl groups is 4. The summed E-state index contributed by atoms with van der Waals surface area (Å²) in [5.41, 5.74) is 28.2. The molecule has 0 aromatic carbocycles. The van der Waals surface area contributed by atoms with Gasteiger partial charge in [-0.05, 0) is 132 Å². The zero-order chi connectivity index (χ0) is 79.8. The molecule has 0 aliphatic carbocycles. The number of dihydropyridines is 3. The Morgan fingerprint density at radius 3 is 0.895 bits per heavy atom. The SMILES string of the molecule is CN(C)CCNc1nn2ccccc2c1N=C1N=C(Nc2c(NCCN(C)C)nn3ccccc23)C(=N)C=C1N.N=C1C=C(N)C(=Nc2c(NCCCO)nn3ccccc23)N=C1Nc1c(NCCCO)nn2ccccc12.N=C1C=C(N)C(=Nc2c(NCCO)nn3ccccc23)N=C1Nc1c(NCCO)nn2ccccc12. The molecule has 0 bridgehead atoms. The summed E-state index contributed by atoms with van der Waals surface area (Å²) in [5, 5.41) is 119. The van der Waals surface area contributed by atoms with Crippen molar-refractivity contribution in [3.05, 3.63) is 182 Å². The predicted molar refractivity (Wildman–Crippen MR) is 451 cm³/mol. The predicted octanol–water partition coefficient (Wildman–Crippen LogP) is 5.54. The lowest BCUT2D eigenvalue weighted by Gasteiger charge is -2.16. The third-order valence-electron chi connectivity index (χ3n) is 17.4. The fourth-order valence-corrected chi connectivity index (χ4v) is 11.9. The summed E-state index contributed by atoms with van der Waals surface area (Å²) in [6.07, 6.45) is 16.7. The summed E-state index contributed by atoms with van der Waals surface area (Å²) in [4.78, 5) is 32.3. The van der Waals surface area contributed by atoms with E-state index < -0.39 is 0 Å². The molecule has 588 valence electrons. The van der Waals surface area contributed by atoms with Crippen molar-refractivity contribution in [2.45, 2.75) is 12.8 Å². The van der Waals surface area contributed by atoms with Gasteiger partial charge in [0.2, 0.25) is 0 Å². The number of hydrogen-bond donors (Lipinski definition) is 19. The fraction of sp³-hybridized carbons (Fsp3) is 0.240. The first kappa shape index (κ1) is 77.9. The minimum absolute atomic E-state index is 0.0573. The van der Waals surface area contributed by atoms with Gasteiger partial charge in [-0.3, -0.25) is 16.2 Å². The summed E-state index contributed by atoms with van der Waals surface area (Å²) in [6.45, 7) is 4.70. The Kier molecular flexibility index (Phi) is 24.6. The quantitative estimate of drug-likeness (QED) is 0.0268. The minimum atomic E-state index is -0.0678. The van der Waals surface area contributed by atoms with Gasteiger partial charge in [-0.1, -0.05) is 36.4 Å². The zero-order valence-corrected chi connectivity index (χ0v) is 63.0. The highest BCUT2D eigenvalue weighted by atomic mass is 16.3. The topological polar surface area (TPSA) is 523 Å². The van der Waals surface area contributed by atoms with E-state index in [0.29, 0.717) is 133 Å². The van der Waals surface area contributed by atoms with Gasteiger partial charge in [0.15, 0.2) is 69.9 Å². The van der Waals surface area contributed by atoms with E-state index in [4.69, 9.17) is 53.4 Å². The van der Waals surface area contributed by atoms with Crippen LogP contribution in [0.1, 0.15) is 12.8 Å². The Balaban J connectivity index is 0.000000149. The van der Waals surface area contributed by atoms with Crippen molar-refractivity contribution in [1.29, 1.82) is 16.2 Å². The molecule has 15 rings (SSSR count). The molecule has 22 N–H and O–H groups in total. The summed E-state index contributed by atoms with van der Waals surface area (Å²) in [6, 6.07) is 34.1. The van der Waals surface area contributed by atoms with Gasteiger partial charge in [0.25, 0.3) is 0 Å². The second kappa shape index (κ2) is 36.1. The average Bonchev–Trinajstić information content (AvgIpc) is 1.50. The van der Waals surface area contributed by atoms with Crippen molar-refractivity contribution in [3.8, 4) is 0 Å². The fourth-order valence-electron chi connectivity index (χ4n) is 11.9. The number of hydrogen-bond acceptors (Lipinski definition) is 30. The average molecular weight is 1540 g/mol. The molecule has 0 atom stereocenters. The maximum Gasteiger partial charge on any atom is 0.178 e. The molecule has 15 heterocycles. The highest BCUT2D eigenvalue weighted by molar-refractivity contribution is 6.54. The second-order valence-corrected chi connectivity index (χ2v) is 26.3. The van der Waals surface area contributed by atoms with Crippen molar-refractivity contribution < 1.29 is 20.4 Å². The number of nitrogens with zero attached hydrogens (tertiary/aromatic N) is 20. The van der Waals surface area contributed by atoms with Crippen LogP contribution in [0.15, 0.2) is 212 Å². The number of nitrogens with one attached hydrogen (secondary N) is 12. The third-order valence-corrected chi connectivity index (χ3v) is 17.4. The van der Waals surface area contributed by atoms with E-state index >= 15 is 0 Å². The van der Waals surface area contributed by atoms with Crippen LogP contribution in [0, 0.1) is 16.2 Å². The van der Waals surface area contributed by atoms with Gasteiger partial charge < -0.3 is 95.3 Å². The van der Waals surface area contributed by atoms with Crippen LogP contribution in [-0.4, -0.2) is 247 Å². The molecule has 3 aliphatic rings. The van der Waals surface area contributed by atoms with E-state index in [1.54, 1.807) is 45.6 Å². The van der Waals surface area contributed by atoms with Crippen LogP contribution in [0.2, 0.25) is 0 Å². The number of fused-ring (bicyclic) bond motifs is 6. The van der Waals surface area contributed by atoms with E-state index in [-0.39, 0.29) is 78.3 Å². The van der Waals surface area contributed by atoms with E-state index in [9.17, 15) is 20.4 Å². The van der Waals surface area contributed by atoms with Crippen LogP contribution >= 0.6 is 0 Å². The highest BCUT2D eigenvalue weighted by Gasteiger charge is 2.27. The molecule has 39 heteroatoms. The van der Waals surface area contributed by atoms with E-state index in [1.165, 1.54) is 12.2 Å². The number of aromatic nitrogens is 12. The van der Waals surface area contributed by atoms with Crippen molar-refractivity contribution >= 4 is 154 Å². The second-order valence-electron chi connectivity index (χ2n) is 26.3. The smallest absolute Gasteiger partial charge is 0.178 e. The molecule has 0 fully saturated rings. The molecule has 0 amide bonds. The maximum atomic E-state index is 9.26. The monoisotopic (exact) mass is 1540 g/mol. The van der Waals surface area contributed by atoms with Crippen LogP contribution in [0.3, 0.4) is 0 Å². The Labute approximate surface area is 652 Å². The molecule has 12 aromatic rings. The number of anilines is 9. The van der Waals surface area contributed by atoms with Crippen LogP contribution in [0.25, 0.3) is 33.1 Å². The number of likely N-dealkylation sites (N-methyl/N-ethyl adjacent to an activating group) is 2. The van der Waals surface area contributed by atoms with E-state index in [0.717, 1.165) is 51.9 Å². The molecule has 12 aromatic heterocycles. The first-order chi connectivity index (χ1) is 55.5. The van der Waals surface area contributed by atoms with E-state index in [1.807, 2.05) is 162 Å². The molecule has 0 saturated heterocycles. The number of pyridine rings is 6. The summed E-state index contributed by atoms with van der Waals surface area (Å²) in [5.74, 6) is 4.93. The van der Waals surface area contributed by atoms with Gasteiger partial charge in [-0.15, -0.1) is 30.6 Å². The molecule has 39 nitrogen and oxygen atoms in total. The number of aliphatic hydroxyl groups excluding tert-OH is 4. The normalized spacial score (nSPS) is 14.8. The Hall–Kier alpha value is -14.3. The molecule has 114 heavy (non-hydrogen) atoms. The van der Waals surface area contributed by atoms with Gasteiger partial charge in [0.05, 0.1) is 80.5 Å². The van der Waals surface area contributed by atoms with Crippen LogP contribution in [0.5, 0.6) is 0 Å². The van der Waals surface area contributed by atoms with Gasteiger partial charge in [-0.2, -0.15) is 0 Å². The highest BCUT2D eigenvalue weighted by Crippen LogP contribution is 2.36. The Morgan fingerprint density at radius 2 is 0.596 bits per heavy atom. The molecular weight excluding hydrogens is 1460 g/mol.